The summed E-state index contributed by atoms with van der Waals surface area (Å²) >= 11 is 0. The van der Waals surface area contributed by atoms with Gasteiger partial charge in [-0.05, 0) is 17.5 Å². The monoisotopic (exact) mass is 188 g/mol. The highest BCUT2D eigenvalue weighted by Crippen LogP contribution is 2.22. The second kappa shape index (κ2) is 4.83. The van der Waals surface area contributed by atoms with Gasteiger partial charge >= 0.3 is 0 Å². The lowest BCUT2D eigenvalue weighted by atomic mass is 9.92. The minimum atomic E-state index is 0.118. The van der Waals surface area contributed by atoms with E-state index in [1.165, 1.54) is 5.56 Å². The number of rotatable bonds is 3. The summed E-state index contributed by atoms with van der Waals surface area (Å²) in [7, 11) is 0. The average Bonchev–Trinajstić information content (AvgIpc) is 2.26. The SMILES string of the molecule is C#Cc1c(CC)cccc1C(C)CO. The zero-order valence-corrected chi connectivity index (χ0v) is 8.75. The predicted octanol–water partition coefficient (Wildman–Crippen LogP) is 2.33. The first-order valence-electron chi connectivity index (χ1n) is 4.93. The molecule has 1 aromatic rings. The Balaban J connectivity index is 3.23. The molecule has 1 heteroatoms. The highest BCUT2D eigenvalue weighted by molar-refractivity contribution is 5.47. The third-order valence-corrected chi connectivity index (χ3v) is 2.51. The van der Waals surface area contributed by atoms with Gasteiger partial charge in [-0.1, -0.05) is 38.0 Å². The molecule has 1 rings (SSSR count). The molecule has 1 aromatic carbocycles. The van der Waals surface area contributed by atoms with E-state index in [-0.39, 0.29) is 12.5 Å². The van der Waals surface area contributed by atoms with Crippen LogP contribution in [-0.2, 0) is 6.42 Å². The van der Waals surface area contributed by atoms with Crippen molar-refractivity contribution in [2.24, 2.45) is 0 Å². The molecule has 0 aromatic heterocycles. The molecule has 1 atom stereocenters. The van der Waals surface area contributed by atoms with Gasteiger partial charge in [0.15, 0.2) is 0 Å². The summed E-state index contributed by atoms with van der Waals surface area (Å²) in [6, 6.07) is 6.04. The minimum Gasteiger partial charge on any atom is -0.396 e. The van der Waals surface area contributed by atoms with Crippen LogP contribution in [0.5, 0.6) is 0 Å². The molecule has 0 saturated heterocycles. The van der Waals surface area contributed by atoms with Crippen LogP contribution in [0.3, 0.4) is 0 Å². The zero-order chi connectivity index (χ0) is 10.6. The summed E-state index contributed by atoms with van der Waals surface area (Å²) in [5.41, 5.74) is 3.22. The van der Waals surface area contributed by atoms with E-state index in [4.69, 9.17) is 11.5 Å². The molecule has 74 valence electrons. The zero-order valence-electron chi connectivity index (χ0n) is 8.75. The Morgan fingerprint density at radius 2 is 2.21 bits per heavy atom. The first kappa shape index (κ1) is 10.8. The maximum absolute atomic E-state index is 9.10. The quantitative estimate of drug-likeness (QED) is 0.722. The molecule has 1 N–H and O–H groups in total. The van der Waals surface area contributed by atoms with Gasteiger partial charge in [-0.25, -0.2) is 0 Å². The van der Waals surface area contributed by atoms with Gasteiger partial charge in [0.05, 0.1) is 0 Å². The molecular formula is C13H16O. The first-order valence-corrected chi connectivity index (χ1v) is 4.93. The maximum Gasteiger partial charge on any atom is 0.0497 e. The summed E-state index contributed by atoms with van der Waals surface area (Å²) in [6.07, 6.45) is 6.42. The summed E-state index contributed by atoms with van der Waals surface area (Å²) < 4.78 is 0. The number of hydrogen-bond donors (Lipinski definition) is 1. The Kier molecular flexibility index (Phi) is 3.73. The van der Waals surface area contributed by atoms with Crippen LogP contribution in [0.2, 0.25) is 0 Å². The Bertz CT molecular complexity index is 347. The van der Waals surface area contributed by atoms with Crippen LogP contribution in [0.25, 0.3) is 0 Å². The molecule has 0 fully saturated rings. The highest BCUT2D eigenvalue weighted by atomic mass is 16.3. The number of aryl methyl sites for hydroxylation is 1. The molecule has 0 heterocycles. The molecule has 0 spiro atoms. The van der Waals surface area contributed by atoms with Crippen LogP contribution in [0, 0.1) is 12.3 Å². The summed E-state index contributed by atoms with van der Waals surface area (Å²) in [5.74, 6) is 2.84. The third-order valence-electron chi connectivity index (χ3n) is 2.51. The van der Waals surface area contributed by atoms with Gasteiger partial charge in [0.1, 0.15) is 0 Å². The third kappa shape index (κ3) is 1.97. The average molecular weight is 188 g/mol. The Morgan fingerprint density at radius 1 is 1.50 bits per heavy atom. The Labute approximate surface area is 85.8 Å². The molecular weight excluding hydrogens is 172 g/mol. The number of terminal acetylenes is 1. The molecule has 0 aliphatic carbocycles. The number of benzene rings is 1. The van der Waals surface area contributed by atoms with Gasteiger partial charge in [0.25, 0.3) is 0 Å². The van der Waals surface area contributed by atoms with E-state index in [1.54, 1.807) is 0 Å². The van der Waals surface area contributed by atoms with E-state index in [0.29, 0.717) is 0 Å². The molecule has 0 amide bonds. The van der Waals surface area contributed by atoms with Crippen LogP contribution >= 0.6 is 0 Å². The number of hydrogen-bond acceptors (Lipinski definition) is 1. The second-order valence-electron chi connectivity index (χ2n) is 3.46. The summed E-state index contributed by atoms with van der Waals surface area (Å²) in [4.78, 5) is 0. The molecule has 0 radical (unpaired) electrons. The molecule has 0 saturated carbocycles. The van der Waals surface area contributed by atoms with Crippen molar-refractivity contribution in [1.82, 2.24) is 0 Å². The second-order valence-corrected chi connectivity index (χ2v) is 3.46. The van der Waals surface area contributed by atoms with Gasteiger partial charge in [-0.2, -0.15) is 0 Å². The van der Waals surface area contributed by atoms with E-state index in [0.717, 1.165) is 17.5 Å². The lowest BCUT2D eigenvalue weighted by Gasteiger charge is -2.13. The van der Waals surface area contributed by atoms with Crippen molar-refractivity contribution in [2.75, 3.05) is 6.61 Å². The van der Waals surface area contributed by atoms with Crippen molar-refractivity contribution in [3.05, 3.63) is 34.9 Å². The van der Waals surface area contributed by atoms with Crippen molar-refractivity contribution in [3.63, 3.8) is 0 Å². The van der Waals surface area contributed by atoms with E-state index in [2.05, 4.69) is 12.8 Å². The van der Waals surface area contributed by atoms with Crippen LogP contribution < -0.4 is 0 Å². The van der Waals surface area contributed by atoms with Crippen LogP contribution in [0.15, 0.2) is 18.2 Å². The Morgan fingerprint density at radius 3 is 2.71 bits per heavy atom. The molecule has 0 aliphatic heterocycles. The maximum atomic E-state index is 9.10. The smallest absolute Gasteiger partial charge is 0.0497 e. The summed E-state index contributed by atoms with van der Waals surface area (Å²) in [6.45, 7) is 4.21. The fraction of sp³-hybridized carbons (Fsp3) is 0.385. The fourth-order valence-electron chi connectivity index (χ4n) is 1.60. The van der Waals surface area contributed by atoms with Gasteiger partial charge in [-0.15, -0.1) is 6.42 Å². The van der Waals surface area contributed by atoms with Crippen molar-refractivity contribution < 1.29 is 5.11 Å². The van der Waals surface area contributed by atoms with Crippen LogP contribution in [0.1, 0.15) is 36.5 Å². The van der Waals surface area contributed by atoms with E-state index in [1.807, 2.05) is 25.1 Å². The van der Waals surface area contributed by atoms with Crippen molar-refractivity contribution >= 4 is 0 Å². The van der Waals surface area contributed by atoms with Crippen molar-refractivity contribution in [1.29, 1.82) is 0 Å². The molecule has 0 bridgehead atoms. The molecule has 14 heavy (non-hydrogen) atoms. The van der Waals surface area contributed by atoms with E-state index in [9.17, 15) is 0 Å². The molecule has 1 unspecified atom stereocenters. The van der Waals surface area contributed by atoms with Gasteiger partial charge in [0.2, 0.25) is 0 Å². The first-order chi connectivity index (χ1) is 6.74. The normalized spacial score (nSPS) is 12.1. The lowest BCUT2D eigenvalue weighted by molar-refractivity contribution is 0.273. The largest absolute Gasteiger partial charge is 0.396 e. The number of aliphatic hydroxyl groups is 1. The van der Waals surface area contributed by atoms with E-state index >= 15 is 0 Å². The Hall–Kier alpha value is -1.26. The predicted molar refractivity (Wildman–Crippen MR) is 59.3 cm³/mol. The fourth-order valence-corrected chi connectivity index (χ4v) is 1.60. The highest BCUT2D eigenvalue weighted by Gasteiger charge is 2.10. The molecule has 0 aliphatic rings. The van der Waals surface area contributed by atoms with Crippen LogP contribution in [0.4, 0.5) is 0 Å². The van der Waals surface area contributed by atoms with E-state index < -0.39 is 0 Å². The van der Waals surface area contributed by atoms with Crippen LogP contribution in [-0.4, -0.2) is 11.7 Å². The molecule has 1 nitrogen and oxygen atoms in total. The van der Waals surface area contributed by atoms with Crippen molar-refractivity contribution in [3.8, 4) is 12.3 Å². The lowest BCUT2D eigenvalue weighted by Crippen LogP contribution is -2.03. The summed E-state index contributed by atoms with van der Waals surface area (Å²) in [5, 5.41) is 9.10. The number of aliphatic hydroxyl groups excluding tert-OH is 1. The van der Waals surface area contributed by atoms with Gasteiger partial charge in [0, 0.05) is 18.1 Å². The standard InChI is InChI=1S/C13H16O/c1-4-11-7-6-8-13(10(3)9-14)12(11)5-2/h2,6-8,10,14H,4,9H2,1,3H3. The van der Waals surface area contributed by atoms with Gasteiger partial charge < -0.3 is 5.11 Å². The van der Waals surface area contributed by atoms with Gasteiger partial charge in [-0.3, -0.25) is 0 Å². The minimum absolute atomic E-state index is 0.118. The van der Waals surface area contributed by atoms with Crippen molar-refractivity contribution in [2.45, 2.75) is 26.2 Å². The topological polar surface area (TPSA) is 20.2 Å².